The minimum absolute atomic E-state index is 0.0215. The number of nitrogens with zero attached hydrogens (tertiary/aromatic N) is 10. The van der Waals surface area contributed by atoms with E-state index in [4.69, 9.17) is 15.2 Å². The number of imidazole rings is 1. The van der Waals surface area contributed by atoms with Crippen molar-refractivity contribution in [2.45, 2.75) is 31.6 Å². The van der Waals surface area contributed by atoms with Crippen LogP contribution in [0.15, 0.2) is 24.8 Å². The van der Waals surface area contributed by atoms with Crippen molar-refractivity contribution in [1.29, 1.82) is 15.8 Å². The van der Waals surface area contributed by atoms with Crippen LogP contribution in [0.5, 0.6) is 11.8 Å². The van der Waals surface area contributed by atoms with E-state index in [1.807, 2.05) is 40.9 Å². The molecule has 3 aromatic heterocycles. The number of anilines is 2. The Bertz CT molecular complexity index is 1460. The van der Waals surface area contributed by atoms with Gasteiger partial charge in [0.1, 0.15) is 6.61 Å². The molecule has 0 radical (unpaired) electrons. The first-order valence-corrected chi connectivity index (χ1v) is 12.6. The molecular formula is C26H27N11O2. The van der Waals surface area contributed by atoms with Gasteiger partial charge in [-0.25, -0.2) is 9.97 Å². The second-order valence-electron chi connectivity index (χ2n) is 9.92. The predicted octanol–water partition coefficient (Wildman–Crippen LogP) is 2.36. The quantitative estimate of drug-likeness (QED) is 0.430. The van der Waals surface area contributed by atoms with E-state index in [2.05, 4.69) is 31.0 Å². The Hall–Kier alpha value is -4.96. The molecule has 5 rings (SSSR count). The highest BCUT2D eigenvalue weighted by Gasteiger charge is 2.44. The van der Waals surface area contributed by atoms with Gasteiger partial charge in [0.2, 0.25) is 5.95 Å². The highest BCUT2D eigenvalue weighted by molar-refractivity contribution is 5.63. The van der Waals surface area contributed by atoms with Gasteiger partial charge in [-0.1, -0.05) is 0 Å². The number of piperidine rings is 1. The molecule has 1 aliphatic heterocycles. The number of hydrogen-bond acceptors (Lipinski definition) is 12. The van der Waals surface area contributed by atoms with Crippen LogP contribution in [-0.4, -0.2) is 55.8 Å². The Morgan fingerprint density at radius 1 is 1.10 bits per heavy atom. The molecule has 198 valence electrons. The third kappa shape index (κ3) is 5.81. The number of nitrogens with two attached hydrogens (primary N) is 1. The summed E-state index contributed by atoms with van der Waals surface area (Å²) in [6, 6.07) is 7.95. The van der Waals surface area contributed by atoms with Crippen molar-refractivity contribution in [2.24, 2.45) is 18.4 Å². The summed E-state index contributed by atoms with van der Waals surface area (Å²) < 4.78 is 13.7. The summed E-state index contributed by atoms with van der Waals surface area (Å²) in [6.45, 7) is 1.92. The number of rotatable bonds is 9. The van der Waals surface area contributed by atoms with Crippen molar-refractivity contribution in [3.8, 4) is 41.2 Å². The zero-order valence-electron chi connectivity index (χ0n) is 21.5. The van der Waals surface area contributed by atoms with Crippen LogP contribution in [0.2, 0.25) is 0 Å². The smallest absolute Gasteiger partial charge is 0.321 e. The average molecular weight is 526 g/mol. The van der Waals surface area contributed by atoms with Gasteiger partial charge in [-0.2, -0.15) is 30.7 Å². The molecule has 1 saturated carbocycles. The van der Waals surface area contributed by atoms with Gasteiger partial charge >= 0.3 is 6.01 Å². The maximum Gasteiger partial charge on any atom is 0.321 e. The number of nitriles is 3. The molecule has 0 atom stereocenters. The van der Waals surface area contributed by atoms with Crippen LogP contribution in [-0.2, 0) is 7.05 Å². The van der Waals surface area contributed by atoms with Crippen LogP contribution in [0.4, 0.5) is 11.8 Å². The van der Waals surface area contributed by atoms with E-state index in [1.165, 1.54) is 0 Å². The molecule has 1 aliphatic carbocycles. The van der Waals surface area contributed by atoms with Crippen molar-refractivity contribution in [3.05, 3.63) is 30.6 Å². The first-order valence-electron chi connectivity index (χ1n) is 12.6. The number of ether oxygens (including phenoxy) is 2. The molecule has 3 aromatic rings. The van der Waals surface area contributed by atoms with Gasteiger partial charge in [-0.05, 0) is 37.7 Å². The first kappa shape index (κ1) is 25.7. The van der Waals surface area contributed by atoms with Gasteiger partial charge < -0.3 is 24.7 Å². The first-order chi connectivity index (χ1) is 18.9. The molecule has 0 unspecified atom stereocenters. The molecule has 39 heavy (non-hydrogen) atoms. The predicted molar refractivity (Wildman–Crippen MR) is 138 cm³/mol. The summed E-state index contributed by atoms with van der Waals surface area (Å²) in [5.41, 5.74) is 7.17. The summed E-state index contributed by atoms with van der Waals surface area (Å²) >= 11 is 0. The largest absolute Gasteiger partial charge is 0.489 e. The lowest BCUT2D eigenvalue weighted by atomic mass is 9.98. The molecule has 0 spiro atoms. The molecule has 2 aliphatic rings. The highest BCUT2D eigenvalue weighted by Crippen LogP contribution is 2.45. The van der Waals surface area contributed by atoms with E-state index in [0.29, 0.717) is 37.2 Å². The summed E-state index contributed by atoms with van der Waals surface area (Å²) in [4.78, 5) is 23.6. The fraction of sp³-hybridized carbons (Fsp3) is 0.462. The Morgan fingerprint density at radius 2 is 1.87 bits per heavy atom. The van der Waals surface area contributed by atoms with Crippen LogP contribution < -0.4 is 20.1 Å². The van der Waals surface area contributed by atoms with Crippen LogP contribution in [0, 0.1) is 45.3 Å². The van der Waals surface area contributed by atoms with E-state index in [9.17, 15) is 15.8 Å². The van der Waals surface area contributed by atoms with Crippen molar-refractivity contribution in [2.75, 3.05) is 36.9 Å². The van der Waals surface area contributed by atoms with E-state index in [0.717, 1.165) is 36.9 Å². The van der Waals surface area contributed by atoms with Crippen molar-refractivity contribution in [1.82, 2.24) is 29.5 Å². The van der Waals surface area contributed by atoms with Crippen LogP contribution in [0.1, 0.15) is 37.4 Å². The Labute approximate surface area is 225 Å². The minimum atomic E-state index is -1.15. The average Bonchev–Trinajstić information content (AvgIpc) is 3.63. The van der Waals surface area contributed by atoms with Gasteiger partial charge in [0, 0.05) is 38.1 Å². The minimum Gasteiger partial charge on any atom is -0.489 e. The topological polar surface area (TPSA) is 188 Å². The third-order valence-electron chi connectivity index (χ3n) is 6.96. The van der Waals surface area contributed by atoms with E-state index >= 15 is 0 Å². The number of aromatic nitrogens is 6. The van der Waals surface area contributed by atoms with Crippen LogP contribution in [0.3, 0.4) is 0 Å². The maximum atomic E-state index is 9.37. The normalized spacial score (nSPS) is 16.2. The van der Waals surface area contributed by atoms with Crippen molar-refractivity contribution >= 4 is 11.8 Å². The van der Waals surface area contributed by atoms with E-state index in [1.54, 1.807) is 12.5 Å². The molecule has 4 heterocycles. The zero-order chi connectivity index (χ0) is 27.4. The highest BCUT2D eigenvalue weighted by atomic mass is 16.5. The summed E-state index contributed by atoms with van der Waals surface area (Å²) in [5.74, 6) is 0.367. The second-order valence-corrected chi connectivity index (χ2v) is 9.92. The molecule has 2 N–H and O–H groups in total. The molecule has 0 bridgehead atoms. The van der Waals surface area contributed by atoms with Gasteiger partial charge in [-0.15, -0.1) is 0 Å². The van der Waals surface area contributed by atoms with Crippen LogP contribution in [0.25, 0.3) is 11.3 Å². The van der Waals surface area contributed by atoms with Gasteiger partial charge in [-0.3, -0.25) is 0 Å². The molecule has 0 amide bonds. The van der Waals surface area contributed by atoms with Crippen molar-refractivity contribution in [3.63, 3.8) is 0 Å². The molecule has 0 aromatic carbocycles. The van der Waals surface area contributed by atoms with Gasteiger partial charge in [0.05, 0.1) is 42.3 Å². The fourth-order valence-electron chi connectivity index (χ4n) is 4.26. The SMILES string of the molecule is Cn1cnc(-c2cnc(N)c(OCC3CCN(c4nc(OCC5(C#N)CC5)nc(C(C#N)C#N)n4)CC3)c2)c1. The molecule has 13 heteroatoms. The lowest BCUT2D eigenvalue weighted by Gasteiger charge is -2.32. The third-order valence-corrected chi connectivity index (χ3v) is 6.96. The van der Waals surface area contributed by atoms with Crippen molar-refractivity contribution < 1.29 is 9.47 Å². The second kappa shape index (κ2) is 10.8. The lowest BCUT2D eigenvalue weighted by Crippen LogP contribution is -2.37. The van der Waals surface area contributed by atoms with E-state index < -0.39 is 11.3 Å². The van der Waals surface area contributed by atoms with Gasteiger partial charge in [0.25, 0.3) is 0 Å². The monoisotopic (exact) mass is 525 g/mol. The summed E-state index contributed by atoms with van der Waals surface area (Å²) in [7, 11) is 1.90. The molecular weight excluding hydrogens is 498 g/mol. The number of pyridine rings is 1. The molecule has 13 nitrogen and oxygen atoms in total. The Balaban J connectivity index is 1.23. The maximum absolute atomic E-state index is 9.37. The fourth-order valence-corrected chi connectivity index (χ4v) is 4.26. The Kier molecular flexibility index (Phi) is 7.11. The zero-order valence-corrected chi connectivity index (χ0v) is 21.5. The summed E-state index contributed by atoms with van der Waals surface area (Å²) in [5, 5.41) is 28.1. The summed E-state index contributed by atoms with van der Waals surface area (Å²) in [6.07, 6.45) is 8.44. The molecule has 2 fully saturated rings. The Morgan fingerprint density at radius 3 is 2.51 bits per heavy atom. The van der Waals surface area contributed by atoms with Crippen LogP contribution >= 0.6 is 0 Å². The standard InChI is InChI=1S/C26H27N11O2/c1-36-12-20(32-16-36)18-8-21(22(30)31-11-18)38-13-17-2-6-37(7-3-17)24-33-23(19(9-27)10-28)34-25(35-24)39-15-26(14-29)4-5-26/h8,11-12,16-17,19H,2-7,13,15H2,1H3,(H2,30,31). The lowest BCUT2D eigenvalue weighted by molar-refractivity contribution is 0.222. The number of nitrogen functional groups attached to an aromatic ring is 1. The number of hydrogen-bond donors (Lipinski definition) is 1. The van der Waals surface area contributed by atoms with E-state index in [-0.39, 0.29) is 24.4 Å². The van der Waals surface area contributed by atoms with Gasteiger partial charge in [0.15, 0.2) is 23.3 Å². The molecule has 1 saturated heterocycles. The number of aryl methyl sites for hydroxylation is 1.